The molecule has 1 N–H and O–H groups in total. The first-order chi connectivity index (χ1) is 12.7. The summed E-state index contributed by atoms with van der Waals surface area (Å²) >= 11 is 0. The lowest BCUT2D eigenvalue weighted by Gasteiger charge is -2.08. The predicted octanol–water partition coefficient (Wildman–Crippen LogP) is 2.96. The molecular formula is C20H23NO5S. The van der Waals surface area contributed by atoms with Crippen LogP contribution in [0.4, 0.5) is 5.69 Å². The van der Waals surface area contributed by atoms with Crippen LogP contribution in [-0.2, 0) is 24.2 Å². The Balaban J connectivity index is 1.82. The number of nitrogens with one attached hydrogen (secondary N) is 1. The number of hydrogen-bond donors (Lipinski definition) is 1. The molecule has 0 aromatic heterocycles. The van der Waals surface area contributed by atoms with Gasteiger partial charge in [0.2, 0.25) is 0 Å². The van der Waals surface area contributed by atoms with Crippen molar-refractivity contribution in [3.63, 3.8) is 0 Å². The minimum Gasteiger partial charge on any atom is -0.456 e. The number of rotatable bonds is 7. The van der Waals surface area contributed by atoms with Gasteiger partial charge >= 0.3 is 5.97 Å². The molecule has 0 aliphatic carbocycles. The molecule has 0 radical (unpaired) electrons. The number of sulfone groups is 1. The van der Waals surface area contributed by atoms with Crippen LogP contribution in [0.15, 0.2) is 47.4 Å². The van der Waals surface area contributed by atoms with Crippen LogP contribution in [0.2, 0.25) is 0 Å². The van der Waals surface area contributed by atoms with Crippen LogP contribution in [0.5, 0.6) is 0 Å². The van der Waals surface area contributed by atoms with E-state index < -0.39 is 28.3 Å². The number of hydrogen-bond acceptors (Lipinski definition) is 5. The summed E-state index contributed by atoms with van der Waals surface area (Å²) in [5, 5.41) is 2.60. The Bertz CT molecular complexity index is 933. The van der Waals surface area contributed by atoms with E-state index in [4.69, 9.17) is 4.74 Å². The molecule has 0 saturated heterocycles. The molecule has 7 heteroatoms. The van der Waals surface area contributed by atoms with Crippen molar-refractivity contribution in [1.29, 1.82) is 0 Å². The predicted molar refractivity (Wildman–Crippen MR) is 103 cm³/mol. The minimum absolute atomic E-state index is 0.176. The highest BCUT2D eigenvalue weighted by atomic mass is 32.2. The van der Waals surface area contributed by atoms with Crippen molar-refractivity contribution < 1.29 is 22.7 Å². The lowest BCUT2D eigenvalue weighted by molar-refractivity contribution is -0.146. The largest absolute Gasteiger partial charge is 0.456 e. The molecule has 2 rings (SSSR count). The summed E-state index contributed by atoms with van der Waals surface area (Å²) in [6.45, 7) is 5.19. The van der Waals surface area contributed by atoms with E-state index in [2.05, 4.69) is 5.32 Å². The molecule has 0 saturated carbocycles. The summed E-state index contributed by atoms with van der Waals surface area (Å²) in [5.41, 5.74) is 3.52. The number of benzene rings is 2. The maximum atomic E-state index is 12.3. The summed E-state index contributed by atoms with van der Waals surface area (Å²) in [7, 11) is -3.59. The number of esters is 1. The highest BCUT2D eigenvalue weighted by Crippen LogP contribution is 2.17. The van der Waals surface area contributed by atoms with Gasteiger partial charge < -0.3 is 10.1 Å². The maximum absolute atomic E-state index is 12.3. The number of ether oxygens (including phenoxy) is 1. The monoisotopic (exact) mass is 389 g/mol. The molecule has 2 aromatic rings. The van der Waals surface area contributed by atoms with Crippen LogP contribution in [-0.4, -0.2) is 32.7 Å². The SMILES string of the molecule is Cc1ccc(NC(=O)COC(=O)CCS(=O)(=O)c2ccc(C)c(C)c2)cc1. The van der Waals surface area contributed by atoms with Crippen LogP contribution >= 0.6 is 0 Å². The van der Waals surface area contributed by atoms with Gasteiger partial charge in [0.25, 0.3) is 5.91 Å². The Hall–Kier alpha value is -2.67. The minimum atomic E-state index is -3.59. The van der Waals surface area contributed by atoms with E-state index in [9.17, 15) is 18.0 Å². The first-order valence-electron chi connectivity index (χ1n) is 8.49. The molecule has 144 valence electrons. The zero-order chi connectivity index (χ0) is 20.0. The first-order valence-corrected chi connectivity index (χ1v) is 10.1. The zero-order valence-electron chi connectivity index (χ0n) is 15.6. The summed E-state index contributed by atoms with van der Waals surface area (Å²) in [4.78, 5) is 23.7. The Morgan fingerprint density at radius 1 is 0.963 bits per heavy atom. The third kappa shape index (κ3) is 6.21. The van der Waals surface area contributed by atoms with E-state index in [0.29, 0.717) is 5.69 Å². The molecule has 27 heavy (non-hydrogen) atoms. The van der Waals surface area contributed by atoms with E-state index in [-0.39, 0.29) is 17.1 Å². The van der Waals surface area contributed by atoms with Gasteiger partial charge in [-0.3, -0.25) is 9.59 Å². The zero-order valence-corrected chi connectivity index (χ0v) is 16.4. The van der Waals surface area contributed by atoms with Gasteiger partial charge in [-0.1, -0.05) is 23.8 Å². The van der Waals surface area contributed by atoms with Gasteiger partial charge in [-0.25, -0.2) is 8.42 Å². The van der Waals surface area contributed by atoms with Crippen molar-refractivity contribution in [2.24, 2.45) is 0 Å². The molecule has 0 heterocycles. The first kappa shape index (κ1) is 20.6. The van der Waals surface area contributed by atoms with Gasteiger partial charge in [0.15, 0.2) is 16.4 Å². The molecule has 6 nitrogen and oxygen atoms in total. The van der Waals surface area contributed by atoms with Crippen molar-refractivity contribution in [1.82, 2.24) is 0 Å². The highest BCUT2D eigenvalue weighted by Gasteiger charge is 2.18. The Labute approximate surface area is 159 Å². The molecule has 1 amide bonds. The molecule has 0 aliphatic heterocycles. The Kier molecular flexibility index (Phi) is 6.74. The van der Waals surface area contributed by atoms with Gasteiger partial charge in [-0.15, -0.1) is 0 Å². The van der Waals surface area contributed by atoms with E-state index in [1.807, 2.05) is 32.9 Å². The molecule has 0 spiro atoms. The standard InChI is InChI=1S/C20H23NO5S/c1-14-4-7-17(8-5-14)21-19(22)13-26-20(23)10-11-27(24,25)18-9-6-15(2)16(3)12-18/h4-9,12H,10-11,13H2,1-3H3,(H,21,22). The molecule has 2 aromatic carbocycles. The number of amides is 1. The van der Waals surface area contributed by atoms with E-state index in [0.717, 1.165) is 16.7 Å². The van der Waals surface area contributed by atoms with Crippen molar-refractivity contribution in [2.45, 2.75) is 32.1 Å². The second kappa shape index (κ2) is 8.81. The molecule has 0 bridgehead atoms. The maximum Gasteiger partial charge on any atom is 0.307 e. The summed E-state index contributed by atoms with van der Waals surface area (Å²) in [6, 6.07) is 12.0. The normalized spacial score (nSPS) is 11.1. The summed E-state index contributed by atoms with van der Waals surface area (Å²) in [5.74, 6) is -1.58. The molecule has 0 atom stereocenters. The third-order valence-electron chi connectivity index (χ3n) is 4.11. The van der Waals surface area contributed by atoms with Gasteiger partial charge in [-0.2, -0.15) is 0 Å². The quantitative estimate of drug-likeness (QED) is 0.736. The average molecular weight is 389 g/mol. The second-order valence-electron chi connectivity index (χ2n) is 6.39. The van der Waals surface area contributed by atoms with Crippen molar-refractivity contribution in [3.05, 3.63) is 59.2 Å². The van der Waals surface area contributed by atoms with Crippen molar-refractivity contribution in [3.8, 4) is 0 Å². The number of carbonyl (C=O) groups excluding carboxylic acids is 2. The van der Waals surface area contributed by atoms with E-state index >= 15 is 0 Å². The van der Waals surface area contributed by atoms with Gasteiger partial charge in [0.05, 0.1) is 17.1 Å². The highest BCUT2D eigenvalue weighted by molar-refractivity contribution is 7.91. The van der Waals surface area contributed by atoms with Gasteiger partial charge in [0, 0.05) is 5.69 Å². The van der Waals surface area contributed by atoms with Crippen LogP contribution < -0.4 is 5.32 Å². The smallest absolute Gasteiger partial charge is 0.307 e. The third-order valence-corrected chi connectivity index (χ3v) is 5.83. The molecule has 0 unspecified atom stereocenters. The van der Waals surface area contributed by atoms with Crippen molar-refractivity contribution in [2.75, 3.05) is 17.7 Å². The van der Waals surface area contributed by atoms with Gasteiger partial charge in [0.1, 0.15) is 0 Å². The summed E-state index contributed by atoms with van der Waals surface area (Å²) in [6.07, 6.45) is -0.312. The lowest BCUT2D eigenvalue weighted by Crippen LogP contribution is -2.22. The number of carbonyl (C=O) groups is 2. The fraction of sp³-hybridized carbons (Fsp3) is 0.300. The summed E-state index contributed by atoms with van der Waals surface area (Å²) < 4.78 is 29.5. The van der Waals surface area contributed by atoms with Crippen LogP contribution in [0.3, 0.4) is 0 Å². The van der Waals surface area contributed by atoms with E-state index in [1.54, 1.807) is 24.3 Å². The Morgan fingerprint density at radius 2 is 1.63 bits per heavy atom. The second-order valence-corrected chi connectivity index (χ2v) is 8.50. The van der Waals surface area contributed by atoms with Crippen LogP contribution in [0.1, 0.15) is 23.1 Å². The Morgan fingerprint density at radius 3 is 2.26 bits per heavy atom. The van der Waals surface area contributed by atoms with Gasteiger partial charge in [-0.05, 0) is 56.2 Å². The van der Waals surface area contributed by atoms with Crippen LogP contribution in [0.25, 0.3) is 0 Å². The fourth-order valence-electron chi connectivity index (χ4n) is 2.30. The average Bonchev–Trinajstić information content (AvgIpc) is 2.62. The molecular weight excluding hydrogens is 366 g/mol. The van der Waals surface area contributed by atoms with Crippen molar-refractivity contribution >= 4 is 27.4 Å². The molecule has 0 aliphatic rings. The lowest BCUT2D eigenvalue weighted by atomic mass is 10.1. The topological polar surface area (TPSA) is 89.5 Å². The van der Waals surface area contributed by atoms with E-state index in [1.165, 1.54) is 6.07 Å². The number of aryl methyl sites for hydroxylation is 3. The van der Waals surface area contributed by atoms with Crippen LogP contribution in [0, 0.1) is 20.8 Å². The molecule has 0 fully saturated rings. The fourth-order valence-corrected chi connectivity index (χ4v) is 3.60. The number of anilines is 1.